The zero-order valence-corrected chi connectivity index (χ0v) is 10.3. The number of nitrogens with zero attached hydrogens (tertiary/aromatic N) is 1. The third kappa shape index (κ3) is 3.27. The predicted octanol–water partition coefficient (Wildman–Crippen LogP) is 3.69. The van der Waals surface area contributed by atoms with Crippen molar-refractivity contribution in [3.05, 3.63) is 0 Å². The molecule has 1 saturated heterocycles. The summed E-state index contributed by atoms with van der Waals surface area (Å²) < 4.78 is 0. The Hall–Kier alpha value is -0.0400. The van der Waals surface area contributed by atoms with Gasteiger partial charge in [0.25, 0.3) is 0 Å². The van der Waals surface area contributed by atoms with Crippen LogP contribution in [0.1, 0.15) is 59.3 Å². The average Bonchev–Trinajstić information content (AvgIpc) is 2.78. The second kappa shape index (κ2) is 5.75. The van der Waals surface area contributed by atoms with Gasteiger partial charge in [0.15, 0.2) is 0 Å². The molecule has 1 nitrogen and oxygen atoms in total. The van der Waals surface area contributed by atoms with Gasteiger partial charge in [0, 0.05) is 6.54 Å². The van der Waals surface area contributed by atoms with Gasteiger partial charge in [-0.1, -0.05) is 27.2 Å². The van der Waals surface area contributed by atoms with Crippen LogP contribution in [0, 0.1) is 5.41 Å². The summed E-state index contributed by atoms with van der Waals surface area (Å²) in [4.78, 5) is 2.68. The Morgan fingerprint density at radius 1 is 1.07 bits per heavy atom. The number of rotatable bonds is 4. The molecule has 0 spiro atoms. The van der Waals surface area contributed by atoms with Crippen LogP contribution >= 0.6 is 0 Å². The van der Waals surface area contributed by atoms with Gasteiger partial charge < -0.3 is 4.90 Å². The van der Waals surface area contributed by atoms with Crippen molar-refractivity contribution >= 4 is 0 Å². The first kappa shape index (κ1) is 12.0. The minimum atomic E-state index is 0.791. The fourth-order valence-corrected chi connectivity index (χ4v) is 2.61. The number of hydrogen-bond acceptors (Lipinski definition) is 1. The lowest BCUT2D eigenvalue weighted by Gasteiger charge is -2.22. The highest BCUT2D eigenvalue weighted by atomic mass is 15.1. The lowest BCUT2D eigenvalue weighted by atomic mass is 10.0. The van der Waals surface area contributed by atoms with Gasteiger partial charge in [0.05, 0.1) is 0 Å². The normalized spacial score (nSPS) is 24.2. The molecule has 0 amide bonds. The smallest absolute Gasteiger partial charge is 0.00380 e. The topological polar surface area (TPSA) is 3.24 Å². The van der Waals surface area contributed by atoms with Crippen LogP contribution in [0.4, 0.5) is 0 Å². The number of likely N-dealkylation sites (tertiary alicyclic amines) is 1. The van der Waals surface area contributed by atoms with Gasteiger partial charge in [-0.25, -0.2) is 0 Å². The van der Waals surface area contributed by atoms with Crippen LogP contribution in [-0.4, -0.2) is 24.5 Å². The first-order valence-corrected chi connectivity index (χ1v) is 6.57. The van der Waals surface area contributed by atoms with E-state index < -0.39 is 0 Å². The van der Waals surface area contributed by atoms with Gasteiger partial charge in [-0.05, 0) is 50.6 Å². The summed E-state index contributed by atoms with van der Waals surface area (Å²) >= 11 is 0. The van der Waals surface area contributed by atoms with E-state index in [1.165, 1.54) is 58.2 Å². The molecule has 0 radical (unpaired) electrons. The fraction of sp³-hybridized carbons (Fsp3) is 1.00. The fourth-order valence-electron chi connectivity index (χ4n) is 2.61. The average molecular weight is 197 g/mol. The monoisotopic (exact) mass is 197 g/mol. The van der Waals surface area contributed by atoms with E-state index >= 15 is 0 Å². The van der Waals surface area contributed by atoms with Crippen LogP contribution in [-0.2, 0) is 0 Å². The maximum atomic E-state index is 2.68. The van der Waals surface area contributed by atoms with Gasteiger partial charge in [0.2, 0.25) is 0 Å². The highest BCUT2D eigenvalue weighted by Gasteiger charge is 2.42. The second-order valence-corrected chi connectivity index (χ2v) is 4.73. The molecule has 0 aromatic carbocycles. The summed E-state index contributed by atoms with van der Waals surface area (Å²) in [5.74, 6) is 0. The van der Waals surface area contributed by atoms with Crippen molar-refractivity contribution in [2.75, 3.05) is 19.6 Å². The Labute approximate surface area is 89.9 Å². The molecule has 84 valence electrons. The highest BCUT2D eigenvalue weighted by Crippen LogP contribution is 2.50. The molecule has 1 aliphatic heterocycles. The third-order valence-corrected chi connectivity index (χ3v) is 3.50. The van der Waals surface area contributed by atoms with Crippen LogP contribution in [0.25, 0.3) is 0 Å². The van der Waals surface area contributed by atoms with E-state index in [0.29, 0.717) is 0 Å². The molecule has 1 heteroatoms. The molecule has 0 N–H and O–H groups in total. The van der Waals surface area contributed by atoms with Crippen LogP contribution in [0.2, 0.25) is 0 Å². The molecule has 0 aromatic heterocycles. The van der Waals surface area contributed by atoms with E-state index in [0.717, 1.165) is 5.41 Å². The van der Waals surface area contributed by atoms with E-state index in [1.54, 1.807) is 0 Å². The molecule has 1 aliphatic carbocycles. The molecular weight excluding hydrogens is 170 g/mol. The third-order valence-electron chi connectivity index (χ3n) is 3.50. The summed E-state index contributed by atoms with van der Waals surface area (Å²) in [5, 5.41) is 0. The molecular formula is C13H27N. The minimum Gasteiger partial charge on any atom is -0.303 e. The van der Waals surface area contributed by atoms with Crippen molar-refractivity contribution in [3.63, 3.8) is 0 Å². The molecule has 0 aromatic rings. The maximum absolute atomic E-state index is 2.68. The SMILES string of the molecule is CC.CCCC1(CN2CCCC2)CC1. The molecule has 1 saturated carbocycles. The minimum absolute atomic E-state index is 0.791. The molecule has 2 fully saturated rings. The summed E-state index contributed by atoms with van der Waals surface area (Å²) in [7, 11) is 0. The Morgan fingerprint density at radius 3 is 2.07 bits per heavy atom. The Kier molecular flexibility index (Phi) is 4.94. The van der Waals surface area contributed by atoms with Crippen molar-refractivity contribution in [2.24, 2.45) is 5.41 Å². The van der Waals surface area contributed by atoms with Gasteiger partial charge in [-0.15, -0.1) is 0 Å². The van der Waals surface area contributed by atoms with Crippen molar-refractivity contribution in [3.8, 4) is 0 Å². The van der Waals surface area contributed by atoms with Crippen molar-refractivity contribution in [2.45, 2.75) is 59.3 Å². The van der Waals surface area contributed by atoms with Crippen LogP contribution in [0.5, 0.6) is 0 Å². The van der Waals surface area contributed by atoms with E-state index in [9.17, 15) is 0 Å². The Balaban J connectivity index is 0.000000461. The first-order chi connectivity index (χ1) is 6.85. The number of hydrogen-bond donors (Lipinski definition) is 0. The lowest BCUT2D eigenvalue weighted by molar-refractivity contribution is 0.252. The van der Waals surface area contributed by atoms with Crippen LogP contribution in [0.15, 0.2) is 0 Å². The van der Waals surface area contributed by atoms with Crippen LogP contribution < -0.4 is 0 Å². The Bertz CT molecular complexity index is 143. The molecule has 0 unspecified atom stereocenters. The quantitative estimate of drug-likeness (QED) is 0.664. The van der Waals surface area contributed by atoms with Crippen LogP contribution in [0.3, 0.4) is 0 Å². The summed E-state index contributed by atoms with van der Waals surface area (Å²) in [6.45, 7) is 10.5. The largest absolute Gasteiger partial charge is 0.303 e. The van der Waals surface area contributed by atoms with Crippen molar-refractivity contribution in [1.29, 1.82) is 0 Å². The molecule has 0 bridgehead atoms. The summed E-state index contributed by atoms with van der Waals surface area (Å²) in [6, 6.07) is 0. The highest BCUT2D eigenvalue weighted by molar-refractivity contribution is 4.95. The van der Waals surface area contributed by atoms with E-state index in [-0.39, 0.29) is 0 Å². The van der Waals surface area contributed by atoms with E-state index in [2.05, 4.69) is 11.8 Å². The zero-order valence-electron chi connectivity index (χ0n) is 10.3. The van der Waals surface area contributed by atoms with Gasteiger partial charge in [0.1, 0.15) is 0 Å². The van der Waals surface area contributed by atoms with Gasteiger partial charge in [-0.3, -0.25) is 0 Å². The maximum Gasteiger partial charge on any atom is 0.00380 e. The molecule has 1 heterocycles. The molecule has 0 atom stereocenters. The zero-order chi connectivity index (χ0) is 10.4. The Morgan fingerprint density at radius 2 is 1.64 bits per heavy atom. The predicted molar refractivity (Wildman–Crippen MR) is 63.6 cm³/mol. The van der Waals surface area contributed by atoms with Crippen molar-refractivity contribution < 1.29 is 0 Å². The standard InChI is InChI=1S/C11H21N.C2H6/c1-2-5-11(6-7-11)10-12-8-3-4-9-12;1-2/h2-10H2,1H3;1-2H3. The molecule has 2 rings (SSSR count). The van der Waals surface area contributed by atoms with Gasteiger partial charge in [-0.2, -0.15) is 0 Å². The van der Waals surface area contributed by atoms with Crippen molar-refractivity contribution in [1.82, 2.24) is 4.90 Å². The first-order valence-electron chi connectivity index (χ1n) is 6.57. The van der Waals surface area contributed by atoms with Gasteiger partial charge >= 0.3 is 0 Å². The van der Waals surface area contributed by atoms with E-state index in [4.69, 9.17) is 0 Å². The summed E-state index contributed by atoms with van der Waals surface area (Å²) in [5.41, 5.74) is 0.791. The lowest BCUT2D eigenvalue weighted by Crippen LogP contribution is -2.27. The molecule has 14 heavy (non-hydrogen) atoms. The van der Waals surface area contributed by atoms with E-state index in [1.807, 2.05) is 13.8 Å². The second-order valence-electron chi connectivity index (χ2n) is 4.73. The molecule has 2 aliphatic rings. The summed E-state index contributed by atoms with van der Waals surface area (Å²) in [6.07, 6.45) is 8.77.